The van der Waals surface area contributed by atoms with E-state index in [1.54, 1.807) is 31.2 Å². The van der Waals surface area contributed by atoms with Gasteiger partial charge in [0, 0.05) is 17.7 Å². The van der Waals surface area contributed by atoms with Gasteiger partial charge >= 0.3 is 0 Å². The molecule has 13 heteroatoms. The van der Waals surface area contributed by atoms with E-state index < -0.39 is 68.0 Å². The maximum atomic E-state index is 12.8. The van der Waals surface area contributed by atoms with Crippen molar-refractivity contribution in [2.75, 3.05) is 6.61 Å². The monoisotopic (exact) mass is 562 g/mol. The van der Waals surface area contributed by atoms with Crippen LogP contribution in [-0.4, -0.2) is 104 Å². The molecule has 13 nitrogen and oxygen atoms in total. The molecular formula is C27H30O13. The summed E-state index contributed by atoms with van der Waals surface area (Å²) in [7, 11) is 0. The molecule has 0 unspecified atom stereocenters. The van der Waals surface area contributed by atoms with Crippen molar-refractivity contribution in [1.82, 2.24) is 0 Å². The lowest BCUT2D eigenvalue weighted by Crippen LogP contribution is -2.60. The molecule has 2 aliphatic heterocycles. The zero-order chi connectivity index (χ0) is 28.7. The number of benzene rings is 2. The summed E-state index contributed by atoms with van der Waals surface area (Å²) in [5.74, 6) is 0.644. The van der Waals surface area contributed by atoms with E-state index in [1.807, 2.05) is 0 Å². The van der Waals surface area contributed by atoms with Gasteiger partial charge in [-0.25, -0.2) is 0 Å². The lowest BCUT2D eigenvalue weighted by molar-refractivity contribution is -0.277. The van der Waals surface area contributed by atoms with E-state index in [0.29, 0.717) is 11.3 Å². The molecular weight excluding hydrogens is 532 g/mol. The topological polar surface area (TPSA) is 209 Å². The van der Waals surface area contributed by atoms with Crippen molar-refractivity contribution in [2.24, 2.45) is 0 Å². The molecule has 40 heavy (non-hydrogen) atoms. The van der Waals surface area contributed by atoms with Crippen molar-refractivity contribution in [2.45, 2.75) is 68.3 Å². The third-order valence-electron chi connectivity index (χ3n) is 7.00. The first kappa shape index (κ1) is 28.4. The normalized spacial score (nSPS) is 34.5. The van der Waals surface area contributed by atoms with Crippen LogP contribution in [-0.2, 0) is 9.47 Å². The summed E-state index contributed by atoms with van der Waals surface area (Å²) < 4.78 is 28.0. The van der Waals surface area contributed by atoms with Gasteiger partial charge in [0.25, 0.3) is 0 Å². The highest BCUT2D eigenvalue weighted by molar-refractivity contribution is 5.80. The van der Waals surface area contributed by atoms with Gasteiger partial charge in [0.05, 0.1) is 18.1 Å². The molecule has 0 bridgehead atoms. The van der Waals surface area contributed by atoms with Crippen molar-refractivity contribution in [3.05, 3.63) is 58.8 Å². The van der Waals surface area contributed by atoms with Crippen molar-refractivity contribution in [1.29, 1.82) is 0 Å². The van der Waals surface area contributed by atoms with Crippen molar-refractivity contribution < 1.29 is 59.1 Å². The molecule has 2 fully saturated rings. The van der Waals surface area contributed by atoms with E-state index in [9.17, 15) is 40.5 Å². The van der Waals surface area contributed by atoms with E-state index in [0.717, 1.165) is 0 Å². The van der Waals surface area contributed by atoms with Crippen LogP contribution in [0.3, 0.4) is 0 Å². The van der Waals surface area contributed by atoms with Crippen LogP contribution in [0.2, 0.25) is 0 Å². The second-order valence-electron chi connectivity index (χ2n) is 9.77. The Bertz CT molecular complexity index is 1370. The van der Waals surface area contributed by atoms with Crippen LogP contribution in [0.1, 0.15) is 6.92 Å². The minimum Gasteiger partial charge on any atom is -0.462 e. The second-order valence-corrected chi connectivity index (χ2v) is 9.77. The van der Waals surface area contributed by atoms with Gasteiger partial charge in [-0.15, -0.1) is 0 Å². The summed E-state index contributed by atoms with van der Waals surface area (Å²) in [6, 6.07) is 11.9. The Kier molecular flexibility index (Phi) is 8.10. The van der Waals surface area contributed by atoms with Crippen LogP contribution in [0.25, 0.3) is 22.3 Å². The highest BCUT2D eigenvalue weighted by atomic mass is 16.7. The molecule has 2 aliphatic rings. The molecule has 10 atom stereocenters. The number of hydrogen-bond donors (Lipinski definition) is 7. The Labute approximate surface area is 227 Å². The summed E-state index contributed by atoms with van der Waals surface area (Å²) in [4.78, 5) is 12.8. The van der Waals surface area contributed by atoms with Crippen LogP contribution in [0.5, 0.6) is 11.5 Å². The number of aliphatic hydroxyl groups excluding tert-OH is 7. The fourth-order valence-electron chi connectivity index (χ4n) is 4.59. The lowest BCUT2D eigenvalue weighted by Gasteiger charge is -2.39. The van der Waals surface area contributed by atoms with Gasteiger partial charge in [-0.2, -0.15) is 0 Å². The largest absolute Gasteiger partial charge is 0.462 e. The van der Waals surface area contributed by atoms with Gasteiger partial charge in [0.2, 0.25) is 12.6 Å². The minimum absolute atomic E-state index is 0.133. The Morgan fingerprint density at radius 3 is 2.00 bits per heavy atom. The molecule has 3 aromatic rings. The summed E-state index contributed by atoms with van der Waals surface area (Å²) in [5, 5.41) is 69.8. The molecule has 0 aliphatic carbocycles. The zero-order valence-corrected chi connectivity index (χ0v) is 21.2. The van der Waals surface area contributed by atoms with Gasteiger partial charge < -0.3 is 59.1 Å². The molecule has 1 aromatic heterocycles. The van der Waals surface area contributed by atoms with Crippen molar-refractivity contribution >= 4 is 11.0 Å². The summed E-state index contributed by atoms with van der Waals surface area (Å²) >= 11 is 0. The third kappa shape index (κ3) is 5.43. The molecule has 2 saturated heterocycles. The average molecular weight is 563 g/mol. The van der Waals surface area contributed by atoms with E-state index >= 15 is 0 Å². The predicted octanol–water partition coefficient (Wildman–Crippen LogP) is -1.16. The maximum Gasteiger partial charge on any atom is 0.229 e. The van der Waals surface area contributed by atoms with E-state index in [-0.39, 0.29) is 27.9 Å². The Hall–Kier alpha value is -3.11. The van der Waals surface area contributed by atoms with Gasteiger partial charge in [-0.1, -0.05) is 0 Å². The summed E-state index contributed by atoms with van der Waals surface area (Å²) in [5.41, 5.74) is 0.335. The van der Waals surface area contributed by atoms with Gasteiger partial charge in [0.15, 0.2) is 5.43 Å². The van der Waals surface area contributed by atoms with Gasteiger partial charge in [-0.05, 0) is 43.3 Å². The Morgan fingerprint density at radius 2 is 1.32 bits per heavy atom. The van der Waals surface area contributed by atoms with Crippen LogP contribution < -0.4 is 14.9 Å². The molecule has 5 rings (SSSR count). The highest BCUT2D eigenvalue weighted by Gasteiger charge is 2.45. The molecule has 0 amide bonds. The van der Waals surface area contributed by atoms with Crippen LogP contribution >= 0.6 is 0 Å². The lowest BCUT2D eigenvalue weighted by atomic mass is 9.99. The molecule has 3 heterocycles. The van der Waals surface area contributed by atoms with Crippen LogP contribution in [0.4, 0.5) is 0 Å². The summed E-state index contributed by atoms with van der Waals surface area (Å²) in [6.07, 6.45) is -13.4. The molecule has 0 saturated carbocycles. The molecule has 0 spiro atoms. The average Bonchev–Trinajstić information content (AvgIpc) is 2.95. The number of hydrogen-bond acceptors (Lipinski definition) is 13. The Morgan fingerprint density at radius 1 is 0.725 bits per heavy atom. The fourth-order valence-corrected chi connectivity index (χ4v) is 4.59. The highest BCUT2D eigenvalue weighted by Crippen LogP contribution is 2.30. The number of aliphatic hydroxyl groups is 7. The smallest absolute Gasteiger partial charge is 0.229 e. The quantitative estimate of drug-likeness (QED) is 0.189. The Balaban J connectivity index is 1.34. The van der Waals surface area contributed by atoms with Gasteiger partial charge in [0.1, 0.15) is 65.6 Å². The fraction of sp³-hybridized carbons (Fsp3) is 0.444. The number of ether oxygens (including phenoxy) is 4. The number of fused-ring (bicyclic) bond motifs is 1. The first-order chi connectivity index (χ1) is 19.1. The van der Waals surface area contributed by atoms with E-state index in [4.69, 9.17) is 23.4 Å². The van der Waals surface area contributed by atoms with Gasteiger partial charge in [-0.3, -0.25) is 4.79 Å². The minimum atomic E-state index is -1.61. The first-order valence-corrected chi connectivity index (χ1v) is 12.6. The molecule has 0 radical (unpaired) electrons. The number of rotatable bonds is 6. The standard InChI is InChI=1S/C27H30O13/c1-11-20(30)22(32)24(34)26(36-11)37-13-4-2-12(3-5-13)17-9-16(29)15-7-6-14(8-18(15)39-17)38-27-25(35)23(33)21(31)19(10-28)40-27/h2-9,11,19-28,30-35H,10H2,1H3/t11-,19-,20-,21-,22+,23+,24+,25-,26-,27-/m1/s1. The molecule has 2 aromatic carbocycles. The maximum absolute atomic E-state index is 12.8. The van der Waals surface area contributed by atoms with Crippen LogP contribution in [0.15, 0.2) is 57.7 Å². The van der Waals surface area contributed by atoms with E-state index in [2.05, 4.69) is 0 Å². The van der Waals surface area contributed by atoms with Crippen molar-refractivity contribution in [3.8, 4) is 22.8 Å². The molecule has 7 N–H and O–H groups in total. The zero-order valence-electron chi connectivity index (χ0n) is 21.2. The predicted molar refractivity (Wildman–Crippen MR) is 135 cm³/mol. The SMILES string of the molecule is C[C@H]1O[C@H](Oc2ccc(-c3cc(=O)c4ccc(O[C@@H]5O[C@H](CO)[C@@H](O)[C@H](O)[C@H]5O)cc4o3)cc2)[C@@H](O)[C@@H](O)[C@@H]1O. The van der Waals surface area contributed by atoms with Crippen LogP contribution in [0, 0.1) is 0 Å². The third-order valence-corrected chi connectivity index (χ3v) is 7.00. The molecule has 216 valence electrons. The second kappa shape index (κ2) is 11.4. The first-order valence-electron chi connectivity index (χ1n) is 12.6. The summed E-state index contributed by atoms with van der Waals surface area (Å²) in [6.45, 7) is 0.935. The van der Waals surface area contributed by atoms with E-state index in [1.165, 1.54) is 24.3 Å². The van der Waals surface area contributed by atoms with Crippen molar-refractivity contribution in [3.63, 3.8) is 0 Å².